The van der Waals surface area contributed by atoms with Gasteiger partial charge in [0.2, 0.25) is 0 Å². The van der Waals surface area contributed by atoms with Crippen molar-refractivity contribution in [3.63, 3.8) is 0 Å². The molecule has 0 aliphatic heterocycles. The summed E-state index contributed by atoms with van der Waals surface area (Å²) in [7, 11) is 1.50. The minimum atomic E-state index is -0.641. The van der Waals surface area contributed by atoms with Crippen LogP contribution in [0.15, 0.2) is 48.5 Å². The van der Waals surface area contributed by atoms with Crippen molar-refractivity contribution in [2.45, 2.75) is 19.9 Å². The number of rotatable bonds is 9. The number of carbonyl (C=O) groups is 2. The first-order valence-electron chi connectivity index (χ1n) is 9.14. The first-order valence-corrected chi connectivity index (χ1v) is 9.51. The molecule has 1 atom stereocenters. The van der Waals surface area contributed by atoms with Gasteiger partial charge in [-0.3, -0.25) is 4.79 Å². The number of amides is 1. The maximum Gasteiger partial charge on any atom is 0.331 e. The van der Waals surface area contributed by atoms with Crippen molar-refractivity contribution in [2.75, 3.05) is 20.3 Å². The Morgan fingerprint density at radius 1 is 1.21 bits per heavy atom. The molecule has 0 aliphatic rings. The lowest BCUT2D eigenvalue weighted by atomic mass is 10.1. The summed E-state index contributed by atoms with van der Waals surface area (Å²) < 4.78 is 15.7. The zero-order valence-electron chi connectivity index (χ0n) is 16.6. The molecular formula is C22H24ClNO5. The molecule has 0 bridgehead atoms. The molecular weight excluding hydrogens is 394 g/mol. The third-order valence-corrected chi connectivity index (χ3v) is 4.25. The predicted octanol–water partition coefficient (Wildman–Crippen LogP) is 4.18. The number of esters is 1. The van der Waals surface area contributed by atoms with E-state index in [1.54, 1.807) is 12.1 Å². The van der Waals surface area contributed by atoms with Gasteiger partial charge in [-0.1, -0.05) is 41.9 Å². The molecule has 0 spiro atoms. The average Bonchev–Trinajstić information content (AvgIpc) is 2.71. The van der Waals surface area contributed by atoms with Crippen LogP contribution in [0.5, 0.6) is 11.5 Å². The fraction of sp³-hybridized carbons (Fsp3) is 0.273. The number of carbonyl (C=O) groups excluding carboxylic acids is 2. The summed E-state index contributed by atoms with van der Waals surface area (Å²) >= 11 is 6.18. The second-order valence-corrected chi connectivity index (χ2v) is 6.52. The number of hydrogen-bond acceptors (Lipinski definition) is 5. The van der Waals surface area contributed by atoms with Gasteiger partial charge in [0, 0.05) is 6.08 Å². The van der Waals surface area contributed by atoms with Gasteiger partial charge in [0.1, 0.15) is 0 Å². The monoisotopic (exact) mass is 417 g/mol. The number of hydrogen-bond donors (Lipinski definition) is 1. The summed E-state index contributed by atoms with van der Waals surface area (Å²) in [5.41, 5.74) is 1.60. The summed E-state index contributed by atoms with van der Waals surface area (Å²) in [4.78, 5) is 23.9. The van der Waals surface area contributed by atoms with E-state index in [2.05, 4.69) is 5.32 Å². The van der Waals surface area contributed by atoms with Gasteiger partial charge >= 0.3 is 5.97 Å². The van der Waals surface area contributed by atoms with Crippen molar-refractivity contribution < 1.29 is 23.8 Å². The molecule has 154 valence electrons. The Morgan fingerprint density at radius 3 is 2.59 bits per heavy atom. The Kier molecular flexibility index (Phi) is 8.55. The number of methoxy groups -OCH3 is 1. The lowest BCUT2D eigenvalue weighted by Crippen LogP contribution is -2.30. The number of nitrogens with one attached hydrogen (secondary N) is 1. The third-order valence-electron chi connectivity index (χ3n) is 3.97. The zero-order chi connectivity index (χ0) is 21.2. The van der Waals surface area contributed by atoms with E-state index in [1.165, 1.54) is 19.3 Å². The van der Waals surface area contributed by atoms with Crippen LogP contribution in [0.3, 0.4) is 0 Å². The first kappa shape index (κ1) is 22.3. The van der Waals surface area contributed by atoms with Crippen LogP contribution in [0.1, 0.15) is 31.0 Å². The molecule has 1 N–H and O–H groups in total. The lowest BCUT2D eigenvalue weighted by Gasteiger charge is -2.14. The standard InChI is InChI=1S/C22H24ClNO5/c1-4-28-19-13-16(12-18(23)22(19)27-3)10-11-21(26)29-14-20(25)24-15(2)17-8-6-5-7-9-17/h5-13,15H,4,14H2,1-3H3,(H,24,25)/b11-10+. The average molecular weight is 418 g/mol. The highest BCUT2D eigenvalue weighted by Crippen LogP contribution is 2.36. The highest BCUT2D eigenvalue weighted by Gasteiger charge is 2.12. The molecule has 2 aromatic carbocycles. The quantitative estimate of drug-likeness (QED) is 0.489. The maximum absolute atomic E-state index is 12.0. The molecule has 1 amide bonds. The smallest absolute Gasteiger partial charge is 0.331 e. The van der Waals surface area contributed by atoms with E-state index in [9.17, 15) is 9.59 Å². The zero-order valence-corrected chi connectivity index (χ0v) is 17.4. The lowest BCUT2D eigenvalue weighted by molar-refractivity contribution is -0.144. The summed E-state index contributed by atoms with van der Waals surface area (Å²) in [5, 5.41) is 3.14. The second kappa shape index (κ2) is 11.1. The van der Waals surface area contributed by atoms with Crippen molar-refractivity contribution in [2.24, 2.45) is 0 Å². The fourth-order valence-electron chi connectivity index (χ4n) is 2.60. The summed E-state index contributed by atoms with van der Waals surface area (Å²) in [6.45, 7) is 3.78. The molecule has 6 nitrogen and oxygen atoms in total. The fourth-order valence-corrected chi connectivity index (χ4v) is 2.90. The molecule has 2 rings (SSSR count). The van der Waals surface area contributed by atoms with Crippen LogP contribution in [-0.4, -0.2) is 32.2 Å². The van der Waals surface area contributed by atoms with Crippen molar-refractivity contribution in [3.8, 4) is 11.5 Å². The van der Waals surface area contributed by atoms with Crippen LogP contribution in [-0.2, 0) is 14.3 Å². The van der Waals surface area contributed by atoms with Crippen LogP contribution < -0.4 is 14.8 Å². The molecule has 0 aromatic heterocycles. The molecule has 0 fully saturated rings. The van der Waals surface area contributed by atoms with Gasteiger partial charge in [-0.05, 0) is 43.2 Å². The molecule has 0 saturated heterocycles. The summed E-state index contributed by atoms with van der Waals surface area (Å²) in [6.07, 6.45) is 2.75. The Bertz CT molecular complexity index is 867. The van der Waals surface area contributed by atoms with E-state index in [-0.39, 0.29) is 18.6 Å². The molecule has 7 heteroatoms. The van der Waals surface area contributed by atoms with Crippen molar-refractivity contribution in [3.05, 3.63) is 64.7 Å². The van der Waals surface area contributed by atoms with Gasteiger partial charge < -0.3 is 19.5 Å². The van der Waals surface area contributed by atoms with Crippen LogP contribution in [0.4, 0.5) is 0 Å². The first-order chi connectivity index (χ1) is 13.9. The van der Waals surface area contributed by atoms with Crippen LogP contribution in [0.25, 0.3) is 6.08 Å². The van der Waals surface area contributed by atoms with Gasteiger partial charge in [0.05, 0.1) is 24.8 Å². The van der Waals surface area contributed by atoms with E-state index in [4.69, 9.17) is 25.8 Å². The van der Waals surface area contributed by atoms with Crippen LogP contribution in [0.2, 0.25) is 5.02 Å². The number of benzene rings is 2. The van der Waals surface area contributed by atoms with Gasteiger partial charge in [0.15, 0.2) is 18.1 Å². The highest BCUT2D eigenvalue weighted by molar-refractivity contribution is 6.32. The molecule has 0 saturated carbocycles. The highest BCUT2D eigenvalue weighted by atomic mass is 35.5. The van der Waals surface area contributed by atoms with E-state index >= 15 is 0 Å². The van der Waals surface area contributed by atoms with Crippen LogP contribution in [0, 0.1) is 0 Å². The van der Waals surface area contributed by atoms with Crippen LogP contribution >= 0.6 is 11.6 Å². The molecule has 0 heterocycles. The Labute approximate surface area is 175 Å². The minimum Gasteiger partial charge on any atom is -0.491 e. The van der Waals surface area contributed by atoms with Crippen molar-refractivity contribution in [1.82, 2.24) is 5.32 Å². The summed E-state index contributed by atoms with van der Waals surface area (Å²) in [5.74, 6) is -0.117. The maximum atomic E-state index is 12.0. The largest absolute Gasteiger partial charge is 0.491 e. The van der Waals surface area contributed by atoms with Gasteiger partial charge in [0.25, 0.3) is 5.91 Å². The Balaban J connectivity index is 1.90. The Hall–Kier alpha value is -2.99. The van der Waals surface area contributed by atoms with E-state index in [0.29, 0.717) is 28.7 Å². The molecule has 2 aromatic rings. The second-order valence-electron chi connectivity index (χ2n) is 6.11. The van der Waals surface area contributed by atoms with E-state index < -0.39 is 5.97 Å². The normalized spacial score (nSPS) is 11.7. The molecule has 1 unspecified atom stereocenters. The molecule has 0 aliphatic carbocycles. The van der Waals surface area contributed by atoms with Crippen molar-refractivity contribution in [1.29, 1.82) is 0 Å². The van der Waals surface area contributed by atoms with E-state index in [0.717, 1.165) is 5.56 Å². The predicted molar refractivity (Wildman–Crippen MR) is 112 cm³/mol. The minimum absolute atomic E-state index is 0.184. The Morgan fingerprint density at radius 2 is 1.93 bits per heavy atom. The molecule has 0 radical (unpaired) electrons. The van der Waals surface area contributed by atoms with Gasteiger partial charge in [-0.2, -0.15) is 0 Å². The van der Waals surface area contributed by atoms with E-state index in [1.807, 2.05) is 44.2 Å². The topological polar surface area (TPSA) is 73.9 Å². The third kappa shape index (κ3) is 6.84. The van der Waals surface area contributed by atoms with Gasteiger partial charge in [-0.15, -0.1) is 0 Å². The van der Waals surface area contributed by atoms with Gasteiger partial charge in [-0.25, -0.2) is 4.79 Å². The summed E-state index contributed by atoms with van der Waals surface area (Å²) in [6, 6.07) is 12.7. The van der Waals surface area contributed by atoms with Crippen molar-refractivity contribution >= 4 is 29.6 Å². The number of ether oxygens (including phenoxy) is 3. The number of halogens is 1. The molecule has 29 heavy (non-hydrogen) atoms. The SMILES string of the molecule is CCOc1cc(/C=C/C(=O)OCC(=O)NC(C)c2ccccc2)cc(Cl)c1OC.